The molecule has 0 radical (unpaired) electrons. The summed E-state index contributed by atoms with van der Waals surface area (Å²) in [4.78, 5) is 11.3. The van der Waals surface area contributed by atoms with Crippen molar-refractivity contribution < 1.29 is 10.0 Å². The topological polar surface area (TPSA) is 75.4 Å². The van der Waals surface area contributed by atoms with E-state index in [0.717, 1.165) is 4.88 Å². The van der Waals surface area contributed by atoms with Crippen molar-refractivity contribution in [2.24, 2.45) is 0 Å². The van der Waals surface area contributed by atoms with Gasteiger partial charge in [0.15, 0.2) is 0 Å². The molecule has 2 aromatic rings. The van der Waals surface area contributed by atoms with Gasteiger partial charge in [-0.15, -0.1) is 11.3 Å². The fourth-order valence-corrected chi connectivity index (χ4v) is 2.94. The predicted molar refractivity (Wildman–Crippen MR) is 89.3 cm³/mol. The molecule has 22 heavy (non-hydrogen) atoms. The van der Waals surface area contributed by atoms with Crippen LogP contribution in [0.4, 0.5) is 5.69 Å². The molecule has 2 N–H and O–H groups in total. The largest absolute Gasteiger partial charge is 0.386 e. The molecule has 0 aliphatic carbocycles. The Bertz CT molecular complexity index is 672. The van der Waals surface area contributed by atoms with Crippen molar-refractivity contribution in [3.8, 4) is 0 Å². The van der Waals surface area contributed by atoms with E-state index < -0.39 is 11.0 Å². The van der Waals surface area contributed by atoms with Gasteiger partial charge in [-0.25, -0.2) is 0 Å². The molecule has 7 heteroatoms. The molecule has 5 nitrogen and oxygen atoms in total. The van der Waals surface area contributed by atoms with Crippen LogP contribution < -0.4 is 5.32 Å². The molecular weight excluding hydrogens is 324 g/mol. The molecule has 1 aromatic carbocycles. The molecule has 1 heterocycles. The second kappa shape index (κ2) is 8.05. The lowest BCUT2D eigenvalue weighted by Gasteiger charge is -2.08. The molecule has 0 saturated heterocycles. The van der Waals surface area contributed by atoms with E-state index in [4.69, 9.17) is 11.6 Å². The zero-order valence-corrected chi connectivity index (χ0v) is 13.2. The lowest BCUT2D eigenvalue weighted by atomic mass is 10.1. The lowest BCUT2D eigenvalue weighted by Crippen LogP contribution is -2.20. The smallest absolute Gasteiger partial charge is 0.276 e. The number of hydrogen-bond acceptors (Lipinski definition) is 5. The van der Waals surface area contributed by atoms with E-state index in [-0.39, 0.29) is 5.69 Å². The molecule has 0 spiro atoms. The third-order valence-corrected chi connectivity index (χ3v) is 4.29. The van der Waals surface area contributed by atoms with Crippen LogP contribution in [0.25, 0.3) is 6.08 Å². The van der Waals surface area contributed by atoms with Crippen LogP contribution >= 0.6 is 22.9 Å². The SMILES string of the molecule is O=[N+]([O-])c1ccccc1/C=C/CNCC(O)c1ccc(Cl)s1. The molecule has 0 saturated carbocycles. The molecule has 0 amide bonds. The highest BCUT2D eigenvalue weighted by Gasteiger charge is 2.10. The fourth-order valence-electron chi connectivity index (χ4n) is 1.89. The van der Waals surface area contributed by atoms with Crippen LogP contribution in [-0.2, 0) is 0 Å². The lowest BCUT2D eigenvalue weighted by molar-refractivity contribution is -0.385. The van der Waals surface area contributed by atoms with E-state index in [1.807, 2.05) is 0 Å². The van der Waals surface area contributed by atoms with Gasteiger partial charge in [-0.1, -0.05) is 35.9 Å². The summed E-state index contributed by atoms with van der Waals surface area (Å²) >= 11 is 7.16. The normalized spacial score (nSPS) is 12.6. The number of para-hydroxylation sites is 1. The van der Waals surface area contributed by atoms with E-state index in [1.54, 1.807) is 42.5 Å². The summed E-state index contributed by atoms with van der Waals surface area (Å²) < 4.78 is 0.644. The highest BCUT2D eigenvalue weighted by molar-refractivity contribution is 7.16. The van der Waals surface area contributed by atoms with E-state index in [1.165, 1.54) is 17.4 Å². The summed E-state index contributed by atoms with van der Waals surface area (Å²) in [6, 6.07) is 10.1. The van der Waals surface area contributed by atoms with Crippen LogP contribution in [0, 0.1) is 10.1 Å². The van der Waals surface area contributed by atoms with Crippen molar-refractivity contribution in [3.05, 3.63) is 67.4 Å². The molecule has 0 aliphatic rings. The third-order valence-electron chi connectivity index (χ3n) is 2.95. The van der Waals surface area contributed by atoms with Crippen LogP contribution in [0.15, 0.2) is 42.5 Å². The number of nitro groups is 1. The summed E-state index contributed by atoms with van der Waals surface area (Å²) in [5.74, 6) is 0. The average molecular weight is 339 g/mol. The van der Waals surface area contributed by atoms with Crippen molar-refractivity contribution in [1.82, 2.24) is 5.32 Å². The van der Waals surface area contributed by atoms with Crippen molar-refractivity contribution in [1.29, 1.82) is 0 Å². The molecule has 116 valence electrons. The highest BCUT2D eigenvalue weighted by atomic mass is 35.5. The standard InChI is InChI=1S/C15H15ClN2O3S/c16-15-8-7-14(22-15)13(19)10-17-9-3-5-11-4-1-2-6-12(11)18(20)21/h1-8,13,17,19H,9-10H2/b5-3+. The number of thiophene rings is 1. The first-order valence-corrected chi connectivity index (χ1v) is 7.81. The van der Waals surface area contributed by atoms with Gasteiger partial charge in [0.05, 0.1) is 14.8 Å². The minimum Gasteiger partial charge on any atom is -0.386 e. The van der Waals surface area contributed by atoms with Gasteiger partial charge in [0.1, 0.15) is 6.10 Å². The summed E-state index contributed by atoms with van der Waals surface area (Å²) in [6.45, 7) is 0.889. The third kappa shape index (κ3) is 4.64. The second-order valence-electron chi connectivity index (χ2n) is 4.53. The maximum Gasteiger partial charge on any atom is 0.276 e. The number of nitro benzene ring substituents is 1. The maximum atomic E-state index is 10.9. The Morgan fingerprint density at radius 1 is 1.36 bits per heavy atom. The Labute approximate surface area is 137 Å². The Balaban J connectivity index is 1.83. The van der Waals surface area contributed by atoms with Gasteiger partial charge < -0.3 is 10.4 Å². The van der Waals surface area contributed by atoms with Gasteiger partial charge in [-0.2, -0.15) is 0 Å². The Morgan fingerprint density at radius 3 is 2.82 bits per heavy atom. The molecule has 0 aliphatic heterocycles. The van der Waals surface area contributed by atoms with Gasteiger partial charge in [0, 0.05) is 24.0 Å². The number of aliphatic hydroxyl groups is 1. The molecule has 1 unspecified atom stereocenters. The Hall–Kier alpha value is -1.73. The van der Waals surface area contributed by atoms with Gasteiger partial charge in [-0.3, -0.25) is 10.1 Å². The number of rotatable bonds is 7. The number of nitrogens with one attached hydrogen (secondary N) is 1. The first-order chi connectivity index (χ1) is 10.6. The second-order valence-corrected chi connectivity index (χ2v) is 6.28. The maximum absolute atomic E-state index is 10.9. The zero-order chi connectivity index (χ0) is 15.9. The molecule has 1 aromatic heterocycles. The number of hydrogen-bond donors (Lipinski definition) is 2. The molecule has 1 atom stereocenters. The number of halogens is 1. The Morgan fingerprint density at radius 2 is 2.14 bits per heavy atom. The zero-order valence-electron chi connectivity index (χ0n) is 11.6. The molecule has 0 bridgehead atoms. The summed E-state index contributed by atoms with van der Waals surface area (Å²) in [6.07, 6.45) is 2.87. The van der Waals surface area contributed by atoms with Crippen molar-refractivity contribution in [2.45, 2.75) is 6.10 Å². The number of aliphatic hydroxyl groups excluding tert-OH is 1. The first kappa shape index (κ1) is 16.6. The predicted octanol–water partition coefficient (Wildman–Crippen LogP) is 3.65. The highest BCUT2D eigenvalue weighted by Crippen LogP contribution is 2.26. The fraction of sp³-hybridized carbons (Fsp3) is 0.200. The van der Waals surface area contributed by atoms with Gasteiger partial charge in [0.2, 0.25) is 0 Å². The molecular formula is C15H15ClN2O3S. The summed E-state index contributed by atoms with van der Waals surface area (Å²) in [5.41, 5.74) is 0.631. The van der Waals surface area contributed by atoms with Crippen LogP contribution in [0.2, 0.25) is 4.34 Å². The monoisotopic (exact) mass is 338 g/mol. The van der Waals surface area contributed by atoms with E-state index in [2.05, 4.69) is 5.32 Å². The van der Waals surface area contributed by atoms with Crippen LogP contribution in [0.5, 0.6) is 0 Å². The van der Waals surface area contributed by atoms with E-state index in [9.17, 15) is 15.2 Å². The average Bonchev–Trinajstić information content (AvgIpc) is 2.93. The first-order valence-electron chi connectivity index (χ1n) is 6.62. The van der Waals surface area contributed by atoms with Crippen LogP contribution in [-0.4, -0.2) is 23.1 Å². The van der Waals surface area contributed by atoms with Crippen molar-refractivity contribution in [3.63, 3.8) is 0 Å². The van der Waals surface area contributed by atoms with Gasteiger partial charge >= 0.3 is 0 Å². The Kier molecular flexibility index (Phi) is 6.09. The van der Waals surface area contributed by atoms with Crippen LogP contribution in [0.1, 0.15) is 16.5 Å². The quantitative estimate of drug-likeness (QED) is 0.459. The van der Waals surface area contributed by atoms with E-state index in [0.29, 0.717) is 23.0 Å². The summed E-state index contributed by atoms with van der Waals surface area (Å²) in [7, 11) is 0. The van der Waals surface area contributed by atoms with Crippen molar-refractivity contribution >= 4 is 34.7 Å². The minimum absolute atomic E-state index is 0.0759. The minimum atomic E-state index is -0.614. The van der Waals surface area contributed by atoms with E-state index >= 15 is 0 Å². The number of benzene rings is 1. The van der Waals surface area contributed by atoms with Gasteiger partial charge in [-0.05, 0) is 18.2 Å². The van der Waals surface area contributed by atoms with Crippen molar-refractivity contribution in [2.75, 3.05) is 13.1 Å². The number of nitrogens with zero attached hydrogens (tertiary/aromatic N) is 1. The summed E-state index contributed by atoms with van der Waals surface area (Å²) in [5, 5.41) is 23.9. The van der Waals surface area contributed by atoms with Crippen LogP contribution in [0.3, 0.4) is 0 Å². The molecule has 0 fully saturated rings. The molecule has 2 rings (SSSR count). The van der Waals surface area contributed by atoms with Gasteiger partial charge in [0.25, 0.3) is 5.69 Å².